The monoisotopic (exact) mass is 338 g/mol. The first-order valence-electron chi connectivity index (χ1n) is 6.84. The van der Waals surface area contributed by atoms with Gasteiger partial charge in [-0.3, -0.25) is 4.79 Å². The second kappa shape index (κ2) is 7.42. The molecule has 2 N–H and O–H groups in total. The summed E-state index contributed by atoms with van der Waals surface area (Å²) in [5, 5.41) is 6.72. The number of benzene rings is 1. The Hall–Kier alpha value is -1.85. The summed E-state index contributed by atoms with van der Waals surface area (Å²) in [5.41, 5.74) is 0.784. The minimum Gasteiger partial charge on any atom is -0.352 e. The van der Waals surface area contributed by atoms with Crippen LogP contribution in [-0.2, 0) is 0 Å². The molecule has 116 valence electrons. The van der Waals surface area contributed by atoms with Crippen molar-refractivity contribution in [1.29, 1.82) is 0 Å². The van der Waals surface area contributed by atoms with Gasteiger partial charge >= 0.3 is 0 Å². The van der Waals surface area contributed by atoms with E-state index >= 15 is 0 Å². The molecule has 2 rings (SSSR count). The third-order valence-electron chi connectivity index (χ3n) is 3.08. The summed E-state index contributed by atoms with van der Waals surface area (Å²) in [4.78, 5) is 20.4. The quantitative estimate of drug-likeness (QED) is 0.855. The molecular formula is C15H16Cl2N4O. The summed E-state index contributed by atoms with van der Waals surface area (Å²) in [6.07, 6.45) is 3.88. The van der Waals surface area contributed by atoms with Crippen LogP contribution in [0.2, 0.25) is 10.0 Å². The van der Waals surface area contributed by atoms with Crippen LogP contribution in [0.25, 0.3) is 0 Å². The Morgan fingerprint density at radius 1 is 1.27 bits per heavy atom. The van der Waals surface area contributed by atoms with Crippen LogP contribution in [0.15, 0.2) is 30.6 Å². The number of rotatable bonds is 5. The predicted molar refractivity (Wildman–Crippen MR) is 89.8 cm³/mol. The molecule has 0 aliphatic heterocycles. The fraction of sp³-hybridized carbons (Fsp3) is 0.267. The molecular weight excluding hydrogens is 323 g/mol. The Labute approximate surface area is 139 Å². The lowest BCUT2D eigenvalue weighted by Crippen LogP contribution is -2.17. The largest absolute Gasteiger partial charge is 0.352 e. The third kappa shape index (κ3) is 4.32. The lowest BCUT2D eigenvalue weighted by Gasteiger charge is -2.11. The van der Waals surface area contributed by atoms with Gasteiger partial charge in [0.2, 0.25) is 5.95 Å². The van der Waals surface area contributed by atoms with Gasteiger partial charge in [0.1, 0.15) is 0 Å². The van der Waals surface area contributed by atoms with Crippen molar-refractivity contribution in [1.82, 2.24) is 9.97 Å². The maximum absolute atomic E-state index is 12.2. The molecule has 0 aliphatic rings. The first kappa shape index (κ1) is 16.5. The predicted octanol–water partition coefficient (Wildman–Crippen LogP) is 4.25. The molecule has 0 saturated heterocycles. The fourth-order valence-electron chi connectivity index (χ4n) is 1.63. The van der Waals surface area contributed by atoms with E-state index in [0.29, 0.717) is 27.2 Å². The van der Waals surface area contributed by atoms with E-state index in [1.807, 2.05) is 6.92 Å². The van der Waals surface area contributed by atoms with Crippen LogP contribution in [0, 0.1) is 0 Å². The van der Waals surface area contributed by atoms with Gasteiger partial charge in [0.25, 0.3) is 5.91 Å². The number of amides is 1. The highest BCUT2D eigenvalue weighted by Crippen LogP contribution is 2.25. The Morgan fingerprint density at radius 3 is 2.59 bits per heavy atom. The average molecular weight is 339 g/mol. The molecule has 22 heavy (non-hydrogen) atoms. The number of nitrogens with one attached hydrogen (secondary N) is 2. The second-order valence-corrected chi connectivity index (χ2v) is 5.67. The van der Waals surface area contributed by atoms with Crippen molar-refractivity contribution in [3.63, 3.8) is 0 Å². The number of halogens is 2. The molecule has 1 amide bonds. The first-order valence-corrected chi connectivity index (χ1v) is 7.60. The van der Waals surface area contributed by atoms with Crippen molar-refractivity contribution in [2.24, 2.45) is 0 Å². The SMILES string of the molecule is CCC(C)Nc1ncc(C(=O)Nc2cc(Cl)ccc2Cl)cn1. The fourth-order valence-corrected chi connectivity index (χ4v) is 1.97. The van der Waals surface area contributed by atoms with Crippen molar-refractivity contribution in [3.05, 3.63) is 46.2 Å². The number of aromatic nitrogens is 2. The summed E-state index contributed by atoms with van der Waals surface area (Å²) in [6.45, 7) is 4.10. The number of hydrogen-bond acceptors (Lipinski definition) is 4. The topological polar surface area (TPSA) is 66.9 Å². The zero-order valence-corrected chi connectivity index (χ0v) is 13.7. The molecule has 1 aromatic heterocycles. The first-order chi connectivity index (χ1) is 10.5. The highest BCUT2D eigenvalue weighted by atomic mass is 35.5. The van der Waals surface area contributed by atoms with Crippen molar-refractivity contribution in [3.8, 4) is 0 Å². The van der Waals surface area contributed by atoms with E-state index in [1.54, 1.807) is 18.2 Å². The molecule has 0 saturated carbocycles. The maximum atomic E-state index is 12.2. The lowest BCUT2D eigenvalue weighted by molar-refractivity contribution is 0.102. The molecule has 0 aliphatic carbocycles. The number of carbonyl (C=O) groups is 1. The van der Waals surface area contributed by atoms with Gasteiger partial charge in [0, 0.05) is 23.5 Å². The van der Waals surface area contributed by atoms with E-state index in [0.717, 1.165) is 6.42 Å². The Balaban J connectivity index is 2.08. The van der Waals surface area contributed by atoms with Crippen LogP contribution in [0.5, 0.6) is 0 Å². The average Bonchev–Trinajstić information content (AvgIpc) is 2.51. The number of hydrogen-bond donors (Lipinski definition) is 2. The normalized spacial score (nSPS) is 11.8. The lowest BCUT2D eigenvalue weighted by atomic mass is 10.2. The molecule has 1 heterocycles. The Kier molecular flexibility index (Phi) is 5.57. The third-order valence-corrected chi connectivity index (χ3v) is 3.64. The van der Waals surface area contributed by atoms with Gasteiger partial charge in [0.05, 0.1) is 16.3 Å². The van der Waals surface area contributed by atoms with Crippen molar-refractivity contribution in [2.45, 2.75) is 26.3 Å². The standard InChI is InChI=1S/C15H16Cl2N4O/c1-3-9(2)20-15-18-7-10(8-19-15)14(22)21-13-6-11(16)4-5-12(13)17/h4-9H,3H2,1-2H3,(H,21,22)(H,18,19,20). The van der Waals surface area contributed by atoms with Crippen molar-refractivity contribution >= 4 is 40.7 Å². The molecule has 1 unspecified atom stereocenters. The van der Waals surface area contributed by atoms with Gasteiger partial charge in [-0.25, -0.2) is 9.97 Å². The Morgan fingerprint density at radius 2 is 1.95 bits per heavy atom. The highest BCUT2D eigenvalue weighted by Gasteiger charge is 2.11. The molecule has 7 heteroatoms. The van der Waals surface area contributed by atoms with E-state index in [-0.39, 0.29) is 11.9 Å². The molecule has 5 nitrogen and oxygen atoms in total. The Bertz CT molecular complexity index is 661. The molecule has 0 radical (unpaired) electrons. The maximum Gasteiger partial charge on any atom is 0.258 e. The van der Waals surface area contributed by atoms with Gasteiger partial charge in [-0.2, -0.15) is 0 Å². The van der Waals surface area contributed by atoms with Crippen LogP contribution < -0.4 is 10.6 Å². The van der Waals surface area contributed by atoms with Crippen LogP contribution >= 0.6 is 23.2 Å². The minimum absolute atomic E-state index is 0.268. The molecule has 1 atom stereocenters. The number of nitrogens with zero attached hydrogens (tertiary/aromatic N) is 2. The van der Waals surface area contributed by atoms with E-state index in [4.69, 9.17) is 23.2 Å². The van der Waals surface area contributed by atoms with Crippen LogP contribution in [0.3, 0.4) is 0 Å². The highest BCUT2D eigenvalue weighted by molar-refractivity contribution is 6.35. The van der Waals surface area contributed by atoms with Crippen LogP contribution in [0.1, 0.15) is 30.6 Å². The van der Waals surface area contributed by atoms with Gasteiger partial charge in [-0.15, -0.1) is 0 Å². The van der Waals surface area contributed by atoms with Gasteiger partial charge in [-0.05, 0) is 31.5 Å². The van der Waals surface area contributed by atoms with E-state index < -0.39 is 0 Å². The molecule has 0 bridgehead atoms. The zero-order valence-electron chi connectivity index (χ0n) is 12.2. The summed E-state index contributed by atoms with van der Waals surface area (Å²) < 4.78 is 0. The van der Waals surface area contributed by atoms with E-state index in [1.165, 1.54) is 12.4 Å². The minimum atomic E-state index is -0.348. The smallest absolute Gasteiger partial charge is 0.258 e. The van der Waals surface area contributed by atoms with Gasteiger partial charge in [0.15, 0.2) is 0 Å². The number of carbonyl (C=O) groups excluding carboxylic acids is 1. The summed E-state index contributed by atoms with van der Waals surface area (Å²) >= 11 is 11.9. The van der Waals surface area contributed by atoms with Gasteiger partial charge < -0.3 is 10.6 Å². The van der Waals surface area contributed by atoms with Crippen LogP contribution in [-0.4, -0.2) is 21.9 Å². The van der Waals surface area contributed by atoms with Crippen molar-refractivity contribution < 1.29 is 4.79 Å². The summed E-state index contributed by atoms with van der Waals surface area (Å²) in [6, 6.07) is 5.12. The summed E-state index contributed by atoms with van der Waals surface area (Å²) in [5.74, 6) is 0.144. The molecule has 0 spiro atoms. The van der Waals surface area contributed by atoms with Gasteiger partial charge in [-0.1, -0.05) is 30.1 Å². The van der Waals surface area contributed by atoms with Crippen molar-refractivity contribution in [2.75, 3.05) is 10.6 Å². The molecule has 0 fully saturated rings. The number of anilines is 2. The van der Waals surface area contributed by atoms with E-state index in [2.05, 4.69) is 27.5 Å². The van der Waals surface area contributed by atoms with Crippen LogP contribution in [0.4, 0.5) is 11.6 Å². The second-order valence-electron chi connectivity index (χ2n) is 4.83. The zero-order chi connectivity index (χ0) is 16.1. The van der Waals surface area contributed by atoms with E-state index in [9.17, 15) is 4.79 Å². The molecule has 2 aromatic rings. The summed E-state index contributed by atoms with van der Waals surface area (Å²) in [7, 11) is 0. The molecule has 1 aromatic carbocycles.